The van der Waals surface area contributed by atoms with Gasteiger partial charge in [0.2, 0.25) is 0 Å². The highest BCUT2D eigenvalue weighted by molar-refractivity contribution is 5.66. The molecule has 0 spiro atoms. The summed E-state index contributed by atoms with van der Waals surface area (Å²) in [5, 5.41) is 12.8. The van der Waals surface area contributed by atoms with Crippen LogP contribution in [0.2, 0.25) is 0 Å². The molecule has 7 nitrogen and oxygen atoms in total. The van der Waals surface area contributed by atoms with Crippen LogP contribution in [0.25, 0.3) is 28.4 Å². The van der Waals surface area contributed by atoms with Crippen LogP contribution in [-0.4, -0.2) is 39.0 Å². The lowest BCUT2D eigenvalue weighted by Gasteiger charge is -2.06. The minimum Gasteiger partial charge on any atom is -0.497 e. The molecular weight excluding hydrogens is 318 g/mol. The zero-order chi connectivity index (χ0) is 17.2. The lowest BCUT2D eigenvalue weighted by atomic mass is 10.1. The number of rotatable bonds is 4. The van der Waals surface area contributed by atoms with E-state index in [9.17, 15) is 0 Å². The Morgan fingerprint density at radius 3 is 2.44 bits per heavy atom. The van der Waals surface area contributed by atoms with Crippen LogP contribution in [0.1, 0.15) is 0 Å². The lowest BCUT2D eigenvalue weighted by molar-refractivity contribution is 0.415. The summed E-state index contributed by atoms with van der Waals surface area (Å²) in [4.78, 5) is 4.55. The molecule has 0 saturated carbocycles. The first-order valence-electron chi connectivity index (χ1n) is 7.66. The molecule has 4 rings (SSSR count). The second-order valence-corrected chi connectivity index (χ2v) is 5.31. The molecule has 4 aromatic rings. The molecule has 0 radical (unpaired) electrons. The van der Waals surface area contributed by atoms with E-state index in [4.69, 9.17) is 9.47 Å². The zero-order valence-corrected chi connectivity index (χ0v) is 13.7. The van der Waals surface area contributed by atoms with Crippen LogP contribution in [0.15, 0.2) is 54.7 Å². The highest BCUT2D eigenvalue weighted by atomic mass is 16.5. The largest absolute Gasteiger partial charge is 0.497 e. The fraction of sp³-hybridized carbons (Fsp3) is 0.111. The van der Waals surface area contributed by atoms with Crippen LogP contribution in [0.4, 0.5) is 0 Å². The van der Waals surface area contributed by atoms with Crippen LogP contribution in [0, 0.1) is 0 Å². The van der Waals surface area contributed by atoms with Crippen LogP contribution in [-0.2, 0) is 0 Å². The van der Waals surface area contributed by atoms with E-state index in [0.29, 0.717) is 23.0 Å². The fourth-order valence-electron chi connectivity index (χ4n) is 2.59. The Hall–Kier alpha value is -3.48. The van der Waals surface area contributed by atoms with Gasteiger partial charge in [0.25, 0.3) is 5.78 Å². The first-order chi connectivity index (χ1) is 12.3. The van der Waals surface area contributed by atoms with Crippen molar-refractivity contribution in [2.75, 3.05) is 14.2 Å². The summed E-state index contributed by atoms with van der Waals surface area (Å²) >= 11 is 0. The molecule has 2 aromatic heterocycles. The molecule has 0 aliphatic heterocycles. The summed E-state index contributed by atoms with van der Waals surface area (Å²) in [7, 11) is 3.26. The maximum Gasteiger partial charge on any atom is 0.272 e. The highest BCUT2D eigenvalue weighted by Crippen LogP contribution is 2.28. The van der Waals surface area contributed by atoms with Gasteiger partial charge in [0.05, 0.1) is 31.7 Å². The van der Waals surface area contributed by atoms with Crippen LogP contribution < -0.4 is 9.47 Å². The molecule has 0 N–H and O–H groups in total. The van der Waals surface area contributed by atoms with E-state index in [2.05, 4.69) is 20.3 Å². The number of hydrogen-bond acceptors (Lipinski definition) is 6. The van der Waals surface area contributed by atoms with Gasteiger partial charge in [-0.15, -0.1) is 10.2 Å². The minimum atomic E-state index is 0.425. The summed E-state index contributed by atoms with van der Waals surface area (Å²) in [6.45, 7) is 0. The summed E-state index contributed by atoms with van der Waals surface area (Å²) in [5.41, 5.74) is 2.45. The van der Waals surface area contributed by atoms with Crippen molar-refractivity contribution in [3.63, 3.8) is 0 Å². The van der Waals surface area contributed by atoms with Gasteiger partial charge in [-0.3, -0.25) is 0 Å². The number of nitrogens with zero attached hydrogens (tertiary/aromatic N) is 5. The first-order valence-corrected chi connectivity index (χ1v) is 7.66. The van der Waals surface area contributed by atoms with Gasteiger partial charge in [-0.2, -0.15) is 9.61 Å². The number of para-hydroxylation sites is 1. The Balaban J connectivity index is 1.78. The summed E-state index contributed by atoms with van der Waals surface area (Å²) in [5.74, 6) is 2.51. The standard InChI is InChI=1S/C18H15N5O2/c1-24-13-9-7-12(8-10-13)15-11-19-23-17(21-22-18(23)20-15)14-5-3-4-6-16(14)25-2/h3-11H,1-2H3. The summed E-state index contributed by atoms with van der Waals surface area (Å²) < 4.78 is 12.2. The average Bonchev–Trinajstić information content (AvgIpc) is 3.11. The minimum absolute atomic E-state index is 0.425. The van der Waals surface area contributed by atoms with Gasteiger partial charge >= 0.3 is 0 Å². The van der Waals surface area contributed by atoms with E-state index in [1.807, 2.05) is 48.5 Å². The maximum atomic E-state index is 5.39. The number of benzene rings is 2. The van der Waals surface area contributed by atoms with Gasteiger partial charge in [-0.1, -0.05) is 12.1 Å². The van der Waals surface area contributed by atoms with E-state index in [-0.39, 0.29) is 0 Å². The molecular formula is C18H15N5O2. The Labute approximate surface area is 143 Å². The third kappa shape index (κ3) is 2.65. The Morgan fingerprint density at radius 1 is 0.880 bits per heavy atom. The monoisotopic (exact) mass is 333 g/mol. The van der Waals surface area contributed by atoms with Crippen molar-refractivity contribution in [2.24, 2.45) is 0 Å². The number of ether oxygens (including phenoxy) is 2. The Morgan fingerprint density at radius 2 is 1.68 bits per heavy atom. The number of methoxy groups -OCH3 is 2. The molecule has 2 heterocycles. The predicted octanol–water partition coefficient (Wildman–Crippen LogP) is 2.87. The summed E-state index contributed by atoms with van der Waals surface area (Å²) in [6.07, 6.45) is 1.69. The molecule has 0 atom stereocenters. The average molecular weight is 333 g/mol. The van der Waals surface area contributed by atoms with E-state index in [1.54, 1.807) is 24.9 Å². The predicted molar refractivity (Wildman–Crippen MR) is 92.6 cm³/mol. The van der Waals surface area contributed by atoms with Crippen molar-refractivity contribution in [3.05, 3.63) is 54.7 Å². The topological polar surface area (TPSA) is 74.4 Å². The number of hydrogen-bond donors (Lipinski definition) is 0. The van der Waals surface area contributed by atoms with Crippen molar-refractivity contribution >= 4 is 5.78 Å². The molecule has 0 aliphatic rings. The molecule has 7 heteroatoms. The zero-order valence-electron chi connectivity index (χ0n) is 13.7. The van der Waals surface area contributed by atoms with Gasteiger partial charge < -0.3 is 9.47 Å². The molecule has 25 heavy (non-hydrogen) atoms. The second kappa shape index (κ2) is 6.20. The smallest absolute Gasteiger partial charge is 0.272 e. The van der Waals surface area contributed by atoms with Crippen molar-refractivity contribution in [2.45, 2.75) is 0 Å². The fourth-order valence-corrected chi connectivity index (χ4v) is 2.59. The van der Waals surface area contributed by atoms with Gasteiger partial charge in [0, 0.05) is 5.56 Å². The molecule has 0 aliphatic carbocycles. The highest BCUT2D eigenvalue weighted by Gasteiger charge is 2.15. The molecule has 2 aromatic carbocycles. The normalized spacial score (nSPS) is 10.8. The Bertz CT molecular complexity index is 1030. The molecule has 124 valence electrons. The van der Waals surface area contributed by atoms with Crippen LogP contribution >= 0.6 is 0 Å². The third-order valence-corrected chi connectivity index (χ3v) is 3.87. The number of aromatic nitrogens is 5. The lowest BCUT2D eigenvalue weighted by Crippen LogP contribution is -1.99. The molecule has 0 amide bonds. The van der Waals surface area contributed by atoms with Crippen molar-refractivity contribution in [3.8, 4) is 34.1 Å². The third-order valence-electron chi connectivity index (χ3n) is 3.87. The van der Waals surface area contributed by atoms with E-state index in [1.165, 1.54) is 0 Å². The molecule has 0 fully saturated rings. The first kappa shape index (κ1) is 15.1. The quantitative estimate of drug-likeness (QED) is 0.572. The Kier molecular flexibility index (Phi) is 3.74. The summed E-state index contributed by atoms with van der Waals surface area (Å²) in [6, 6.07) is 15.2. The van der Waals surface area contributed by atoms with Gasteiger partial charge in [-0.25, -0.2) is 4.98 Å². The van der Waals surface area contributed by atoms with Crippen LogP contribution in [0.3, 0.4) is 0 Å². The van der Waals surface area contributed by atoms with E-state index >= 15 is 0 Å². The SMILES string of the molecule is COc1ccc(-c2cnn3c(-c4ccccc4OC)nnc3n2)cc1. The number of fused-ring (bicyclic) bond motifs is 1. The maximum absolute atomic E-state index is 5.39. The van der Waals surface area contributed by atoms with Gasteiger partial charge in [0.15, 0.2) is 5.82 Å². The van der Waals surface area contributed by atoms with E-state index < -0.39 is 0 Å². The second-order valence-electron chi connectivity index (χ2n) is 5.31. The molecule has 0 bridgehead atoms. The van der Waals surface area contributed by atoms with Crippen molar-refractivity contribution in [1.29, 1.82) is 0 Å². The van der Waals surface area contributed by atoms with Gasteiger partial charge in [-0.05, 0) is 36.4 Å². The van der Waals surface area contributed by atoms with Crippen molar-refractivity contribution < 1.29 is 9.47 Å². The molecule has 0 unspecified atom stereocenters. The van der Waals surface area contributed by atoms with Crippen molar-refractivity contribution in [1.82, 2.24) is 24.8 Å². The molecule has 0 saturated heterocycles. The van der Waals surface area contributed by atoms with Crippen LogP contribution in [0.5, 0.6) is 11.5 Å². The van der Waals surface area contributed by atoms with E-state index in [0.717, 1.165) is 16.9 Å². The van der Waals surface area contributed by atoms with Gasteiger partial charge in [0.1, 0.15) is 11.5 Å².